The lowest BCUT2D eigenvalue weighted by Crippen LogP contribution is -2.14. The van der Waals surface area contributed by atoms with Crippen molar-refractivity contribution in [3.8, 4) is 0 Å². The molecule has 1 N–H and O–H groups in total. The third-order valence-electron chi connectivity index (χ3n) is 1.82. The predicted molar refractivity (Wildman–Crippen MR) is 49.7 cm³/mol. The summed E-state index contributed by atoms with van der Waals surface area (Å²) in [6.07, 6.45) is -8.37. The topological polar surface area (TPSA) is 20.2 Å². The zero-order valence-corrected chi connectivity index (χ0v) is 9.24. The second-order valence-corrected chi connectivity index (χ2v) is 3.98. The van der Waals surface area contributed by atoms with Crippen LogP contribution < -0.4 is 0 Å². The molecule has 0 bridgehead atoms. The maximum atomic E-state index is 13.1. The van der Waals surface area contributed by atoms with E-state index < -0.39 is 35.9 Å². The number of aliphatic hydroxyl groups excluding tert-OH is 1. The first-order valence-corrected chi connectivity index (χ1v) is 4.89. The normalized spacial score (nSPS) is 13.9. The summed E-state index contributed by atoms with van der Waals surface area (Å²) in [6, 6.07) is 1.21. The second-order valence-electron chi connectivity index (χ2n) is 3.12. The number of rotatable bonds is 2. The molecule has 0 heterocycles. The van der Waals surface area contributed by atoms with Crippen LogP contribution in [-0.2, 0) is 0 Å². The summed E-state index contributed by atoms with van der Waals surface area (Å²) in [4.78, 5) is 0. The Bertz CT molecular complexity index is 390. The fourth-order valence-electron chi connectivity index (χ4n) is 1.12. The number of alkyl halides is 3. The van der Waals surface area contributed by atoms with E-state index in [-0.39, 0.29) is 4.47 Å². The average molecular weight is 305 g/mol. The molecule has 0 aromatic heterocycles. The van der Waals surface area contributed by atoms with Crippen molar-refractivity contribution in [1.29, 1.82) is 0 Å². The molecule has 16 heavy (non-hydrogen) atoms. The van der Waals surface area contributed by atoms with Crippen molar-refractivity contribution in [3.63, 3.8) is 0 Å². The summed E-state index contributed by atoms with van der Waals surface area (Å²) >= 11 is 2.67. The zero-order chi connectivity index (χ0) is 12.5. The highest BCUT2D eigenvalue weighted by Gasteiger charge is 2.33. The van der Waals surface area contributed by atoms with Gasteiger partial charge in [0.1, 0.15) is 11.6 Å². The standard InChI is InChI=1S/C9H6BrF5O/c10-5-2-6(11)4(1-7(5)12)8(16)3-9(13,14)15/h1-2,8,16H,3H2. The molecule has 0 fully saturated rings. The van der Waals surface area contributed by atoms with Gasteiger partial charge in [0.25, 0.3) is 0 Å². The summed E-state index contributed by atoms with van der Waals surface area (Å²) in [7, 11) is 0. The maximum Gasteiger partial charge on any atom is 0.391 e. The number of benzene rings is 1. The summed E-state index contributed by atoms with van der Waals surface area (Å²) in [5.41, 5.74) is -0.710. The largest absolute Gasteiger partial charge is 0.391 e. The van der Waals surface area contributed by atoms with E-state index in [1.165, 1.54) is 0 Å². The fraction of sp³-hybridized carbons (Fsp3) is 0.333. The van der Waals surface area contributed by atoms with Gasteiger partial charge in [0.05, 0.1) is 17.0 Å². The van der Waals surface area contributed by atoms with Crippen molar-refractivity contribution in [2.75, 3.05) is 0 Å². The van der Waals surface area contributed by atoms with Gasteiger partial charge >= 0.3 is 6.18 Å². The molecule has 1 nitrogen and oxygen atoms in total. The first-order valence-electron chi connectivity index (χ1n) is 4.10. The van der Waals surface area contributed by atoms with Crippen LogP contribution in [0.3, 0.4) is 0 Å². The quantitative estimate of drug-likeness (QED) is 0.652. The van der Waals surface area contributed by atoms with Crippen molar-refractivity contribution >= 4 is 15.9 Å². The minimum atomic E-state index is -4.64. The molecule has 0 saturated carbocycles. The molecule has 0 saturated heterocycles. The van der Waals surface area contributed by atoms with Crippen LogP contribution in [0.15, 0.2) is 16.6 Å². The van der Waals surface area contributed by atoms with Gasteiger partial charge in [-0.2, -0.15) is 13.2 Å². The van der Waals surface area contributed by atoms with E-state index in [0.717, 1.165) is 0 Å². The highest BCUT2D eigenvalue weighted by atomic mass is 79.9. The molecular formula is C9H6BrF5O. The van der Waals surface area contributed by atoms with Crippen LogP contribution in [0.4, 0.5) is 22.0 Å². The van der Waals surface area contributed by atoms with E-state index in [0.29, 0.717) is 12.1 Å². The van der Waals surface area contributed by atoms with Crippen molar-refractivity contribution in [2.24, 2.45) is 0 Å². The Labute approximate surface area is 96.0 Å². The van der Waals surface area contributed by atoms with Gasteiger partial charge in [-0.15, -0.1) is 0 Å². The van der Waals surface area contributed by atoms with Gasteiger partial charge in [0.2, 0.25) is 0 Å². The monoisotopic (exact) mass is 304 g/mol. The Balaban J connectivity index is 3.00. The second kappa shape index (κ2) is 4.67. The van der Waals surface area contributed by atoms with E-state index in [2.05, 4.69) is 15.9 Å². The van der Waals surface area contributed by atoms with Gasteiger partial charge in [-0.1, -0.05) is 0 Å². The van der Waals surface area contributed by atoms with Gasteiger partial charge < -0.3 is 5.11 Å². The Kier molecular flexibility index (Phi) is 3.90. The van der Waals surface area contributed by atoms with Crippen LogP contribution in [0.1, 0.15) is 18.1 Å². The maximum absolute atomic E-state index is 13.1. The van der Waals surface area contributed by atoms with Crippen molar-refractivity contribution < 1.29 is 27.1 Å². The Morgan fingerprint density at radius 3 is 2.25 bits per heavy atom. The van der Waals surface area contributed by atoms with Crippen LogP contribution >= 0.6 is 15.9 Å². The summed E-state index contributed by atoms with van der Waals surface area (Å²) < 4.78 is 61.6. The molecule has 1 unspecified atom stereocenters. The molecule has 1 aromatic rings. The lowest BCUT2D eigenvalue weighted by atomic mass is 10.1. The zero-order valence-electron chi connectivity index (χ0n) is 7.65. The van der Waals surface area contributed by atoms with Crippen LogP contribution in [0.2, 0.25) is 0 Å². The third-order valence-corrected chi connectivity index (χ3v) is 2.43. The van der Waals surface area contributed by atoms with Gasteiger partial charge in [-0.25, -0.2) is 8.78 Å². The number of hydrogen-bond acceptors (Lipinski definition) is 1. The summed E-state index contributed by atoms with van der Waals surface area (Å²) in [5.74, 6) is -2.03. The van der Waals surface area contributed by atoms with E-state index in [4.69, 9.17) is 5.11 Å². The SMILES string of the molecule is OC(CC(F)(F)F)c1cc(F)c(Br)cc1F. The molecular weight excluding hydrogens is 299 g/mol. The third kappa shape index (κ3) is 3.41. The summed E-state index contributed by atoms with van der Waals surface area (Å²) in [6.45, 7) is 0. The fourth-order valence-corrected chi connectivity index (χ4v) is 1.44. The minimum absolute atomic E-state index is 0.215. The van der Waals surface area contributed by atoms with E-state index in [9.17, 15) is 22.0 Å². The van der Waals surface area contributed by atoms with E-state index in [1.807, 2.05) is 0 Å². The molecule has 0 radical (unpaired) electrons. The molecule has 1 rings (SSSR count). The predicted octanol–water partition coefficient (Wildman–Crippen LogP) is 3.71. The lowest BCUT2D eigenvalue weighted by Gasteiger charge is -2.14. The molecule has 1 aromatic carbocycles. The van der Waals surface area contributed by atoms with Crippen molar-refractivity contribution in [2.45, 2.75) is 18.7 Å². The molecule has 0 aliphatic heterocycles. The average Bonchev–Trinajstić information content (AvgIpc) is 2.08. The van der Waals surface area contributed by atoms with Gasteiger partial charge in [-0.05, 0) is 28.1 Å². The first-order chi connectivity index (χ1) is 7.20. The lowest BCUT2D eigenvalue weighted by molar-refractivity contribution is -0.154. The van der Waals surface area contributed by atoms with Crippen LogP contribution in [0.25, 0.3) is 0 Å². The van der Waals surface area contributed by atoms with E-state index >= 15 is 0 Å². The first kappa shape index (κ1) is 13.4. The number of hydrogen-bond donors (Lipinski definition) is 1. The minimum Gasteiger partial charge on any atom is -0.388 e. The smallest absolute Gasteiger partial charge is 0.388 e. The molecule has 0 aliphatic rings. The highest BCUT2D eigenvalue weighted by molar-refractivity contribution is 9.10. The molecule has 0 amide bonds. The van der Waals surface area contributed by atoms with Gasteiger partial charge in [-0.3, -0.25) is 0 Å². The Morgan fingerprint density at radius 2 is 1.75 bits per heavy atom. The van der Waals surface area contributed by atoms with Gasteiger partial charge in [0, 0.05) is 5.56 Å². The highest BCUT2D eigenvalue weighted by Crippen LogP contribution is 2.32. The van der Waals surface area contributed by atoms with Crippen LogP contribution in [0.5, 0.6) is 0 Å². The molecule has 0 aliphatic carbocycles. The van der Waals surface area contributed by atoms with Crippen LogP contribution in [-0.4, -0.2) is 11.3 Å². The Hall–Kier alpha value is -0.690. The molecule has 90 valence electrons. The van der Waals surface area contributed by atoms with Crippen molar-refractivity contribution in [3.05, 3.63) is 33.8 Å². The van der Waals surface area contributed by atoms with E-state index in [1.54, 1.807) is 0 Å². The van der Waals surface area contributed by atoms with Crippen molar-refractivity contribution in [1.82, 2.24) is 0 Å². The number of halogens is 6. The number of aliphatic hydroxyl groups is 1. The molecule has 1 atom stereocenters. The molecule has 7 heteroatoms. The van der Waals surface area contributed by atoms with Crippen LogP contribution in [0, 0.1) is 11.6 Å². The molecule has 0 spiro atoms. The Morgan fingerprint density at radius 1 is 1.19 bits per heavy atom. The van der Waals surface area contributed by atoms with Gasteiger partial charge in [0.15, 0.2) is 0 Å². The summed E-state index contributed by atoms with van der Waals surface area (Å²) in [5, 5.41) is 9.11.